The largest absolute Gasteiger partial charge is 0.489 e. The maximum absolute atomic E-state index is 5.77. The molecule has 2 nitrogen and oxygen atoms in total. The molecule has 3 heteroatoms. The molecule has 0 unspecified atom stereocenters. The number of benzene rings is 2. The zero-order valence-corrected chi connectivity index (χ0v) is 11.2. The summed E-state index contributed by atoms with van der Waals surface area (Å²) in [6.45, 7) is 2.55. The number of anilines is 1. The van der Waals surface area contributed by atoms with Crippen LogP contribution >= 0.6 is 15.9 Å². The lowest BCUT2D eigenvalue weighted by atomic mass is 10.2. The highest BCUT2D eigenvalue weighted by atomic mass is 79.9. The lowest BCUT2D eigenvalue weighted by Gasteiger charge is -2.09. The second-order valence-corrected chi connectivity index (χ2v) is 4.86. The molecule has 0 radical (unpaired) electrons. The fourth-order valence-corrected chi connectivity index (χ4v) is 2.20. The SMILES string of the molecule is Cc1ccccc1OCc1cc(N)cc(Br)c1. The van der Waals surface area contributed by atoms with Crippen molar-refractivity contribution in [3.8, 4) is 5.75 Å². The minimum Gasteiger partial charge on any atom is -0.489 e. The van der Waals surface area contributed by atoms with Crippen LogP contribution in [-0.2, 0) is 6.61 Å². The summed E-state index contributed by atoms with van der Waals surface area (Å²) < 4.78 is 6.73. The van der Waals surface area contributed by atoms with Crippen molar-refractivity contribution in [2.45, 2.75) is 13.5 Å². The van der Waals surface area contributed by atoms with E-state index in [2.05, 4.69) is 15.9 Å². The first-order valence-corrected chi connectivity index (χ1v) is 6.18. The van der Waals surface area contributed by atoms with E-state index in [1.165, 1.54) is 0 Å². The summed E-state index contributed by atoms with van der Waals surface area (Å²) in [4.78, 5) is 0. The molecule has 0 saturated heterocycles. The molecule has 0 aliphatic rings. The molecule has 0 bridgehead atoms. The van der Waals surface area contributed by atoms with Gasteiger partial charge in [-0.05, 0) is 42.3 Å². The molecule has 2 rings (SSSR count). The molecule has 0 aliphatic carbocycles. The molecule has 0 aliphatic heterocycles. The average Bonchev–Trinajstić information content (AvgIpc) is 2.27. The molecule has 0 amide bonds. The van der Waals surface area contributed by atoms with E-state index < -0.39 is 0 Å². The number of nitrogen functional groups attached to an aromatic ring is 1. The first-order valence-electron chi connectivity index (χ1n) is 5.38. The smallest absolute Gasteiger partial charge is 0.122 e. The van der Waals surface area contributed by atoms with Gasteiger partial charge >= 0.3 is 0 Å². The van der Waals surface area contributed by atoms with Crippen LogP contribution in [0.25, 0.3) is 0 Å². The molecular weight excluding hydrogens is 278 g/mol. The summed E-state index contributed by atoms with van der Waals surface area (Å²) in [5, 5.41) is 0. The number of hydrogen-bond donors (Lipinski definition) is 1. The number of rotatable bonds is 3. The van der Waals surface area contributed by atoms with Gasteiger partial charge in [-0.15, -0.1) is 0 Å². The second kappa shape index (κ2) is 5.23. The zero-order valence-electron chi connectivity index (χ0n) is 9.61. The van der Waals surface area contributed by atoms with Crippen LogP contribution in [0.15, 0.2) is 46.9 Å². The van der Waals surface area contributed by atoms with Crippen molar-refractivity contribution in [3.63, 3.8) is 0 Å². The van der Waals surface area contributed by atoms with E-state index in [-0.39, 0.29) is 0 Å². The van der Waals surface area contributed by atoms with E-state index in [1.807, 2.05) is 49.4 Å². The monoisotopic (exact) mass is 291 g/mol. The van der Waals surface area contributed by atoms with E-state index in [0.29, 0.717) is 6.61 Å². The van der Waals surface area contributed by atoms with Gasteiger partial charge in [-0.3, -0.25) is 0 Å². The summed E-state index contributed by atoms with van der Waals surface area (Å²) in [7, 11) is 0. The molecule has 0 spiro atoms. The lowest BCUT2D eigenvalue weighted by molar-refractivity contribution is 0.304. The molecule has 0 fully saturated rings. The number of aryl methyl sites for hydroxylation is 1. The Bertz CT molecular complexity index is 505. The van der Waals surface area contributed by atoms with Crippen LogP contribution in [0.1, 0.15) is 11.1 Å². The van der Waals surface area contributed by atoms with Gasteiger partial charge in [0.15, 0.2) is 0 Å². The van der Waals surface area contributed by atoms with Crippen molar-refractivity contribution in [2.24, 2.45) is 0 Å². The van der Waals surface area contributed by atoms with E-state index >= 15 is 0 Å². The van der Waals surface area contributed by atoms with Crippen molar-refractivity contribution in [1.29, 1.82) is 0 Å². The van der Waals surface area contributed by atoms with Crippen LogP contribution in [-0.4, -0.2) is 0 Å². The predicted molar refractivity (Wildman–Crippen MR) is 74.1 cm³/mol. The Hall–Kier alpha value is -1.48. The molecule has 17 heavy (non-hydrogen) atoms. The Morgan fingerprint density at radius 2 is 1.94 bits per heavy atom. The molecule has 0 atom stereocenters. The minimum atomic E-state index is 0.522. The highest BCUT2D eigenvalue weighted by molar-refractivity contribution is 9.10. The second-order valence-electron chi connectivity index (χ2n) is 3.95. The van der Waals surface area contributed by atoms with Gasteiger partial charge in [-0.1, -0.05) is 34.1 Å². The Morgan fingerprint density at radius 1 is 1.18 bits per heavy atom. The fraction of sp³-hybridized carbons (Fsp3) is 0.143. The number of ether oxygens (including phenoxy) is 1. The van der Waals surface area contributed by atoms with Gasteiger partial charge < -0.3 is 10.5 Å². The fourth-order valence-electron chi connectivity index (χ4n) is 1.64. The Labute approximate surface area is 110 Å². The van der Waals surface area contributed by atoms with Crippen LogP contribution < -0.4 is 10.5 Å². The molecule has 0 aromatic heterocycles. The first-order chi connectivity index (χ1) is 8.15. The highest BCUT2D eigenvalue weighted by Gasteiger charge is 2.01. The molecule has 2 aromatic carbocycles. The highest BCUT2D eigenvalue weighted by Crippen LogP contribution is 2.21. The van der Waals surface area contributed by atoms with Gasteiger partial charge in [0.25, 0.3) is 0 Å². The predicted octanol–water partition coefficient (Wildman–Crippen LogP) is 3.92. The Balaban J connectivity index is 2.10. The Morgan fingerprint density at radius 3 is 2.65 bits per heavy atom. The Kier molecular flexibility index (Phi) is 3.69. The number of para-hydroxylation sites is 1. The summed E-state index contributed by atoms with van der Waals surface area (Å²) in [5.41, 5.74) is 8.70. The zero-order chi connectivity index (χ0) is 12.3. The molecule has 0 saturated carbocycles. The van der Waals surface area contributed by atoms with Gasteiger partial charge in [0.1, 0.15) is 12.4 Å². The van der Waals surface area contributed by atoms with E-state index in [1.54, 1.807) is 0 Å². The molecule has 88 valence electrons. The van der Waals surface area contributed by atoms with E-state index in [9.17, 15) is 0 Å². The third-order valence-corrected chi connectivity index (χ3v) is 2.93. The molecule has 2 aromatic rings. The quantitative estimate of drug-likeness (QED) is 0.870. The van der Waals surface area contributed by atoms with Crippen LogP contribution in [0.2, 0.25) is 0 Å². The molecular formula is C14H14BrNO. The van der Waals surface area contributed by atoms with Crippen LogP contribution in [0.3, 0.4) is 0 Å². The summed E-state index contributed by atoms with van der Waals surface area (Å²) in [6.07, 6.45) is 0. The summed E-state index contributed by atoms with van der Waals surface area (Å²) >= 11 is 3.42. The van der Waals surface area contributed by atoms with Gasteiger partial charge in [-0.2, -0.15) is 0 Å². The van der Waals surface area contributed by atoms with Crippen LogP contribution in [0.5, 0.6) is 5.75 Å². The van der Waals surface area contributed by atoms with Gasteiger partial charge in [0.2, 0.25) is 0 Å². The number of nitrogens with two attached hydrogens (primary N) is 1. The number of halogens is 1. The van der Waals surface area contributed by atoms with Crippen molar-refractivity contribution in [2.75, 3.05) is 5.73 Å². The van der Waals surface area contributed by atoms with Gasteiger partial charge in [0, 0.05) is 10.2 Å². The minimum absolute atomic E-state index is 0.522. The standard InChI is InChI=1S/C14H14BrNO/c1-10-4-2-3-5-14(10)17-9-11-6-12(15)8-13(16)7-11/h2-8H,9,16H2,1H3. The molecule has 2 N–H and O–H groups in total. The maximum Gasteiger partial charge on any atom is 0.122 e. The van der Waals surface area contributed by atoms with Crippen molar-refractivity contribution >= 4 is 21.6 Å². The van der Waals surface area contributed by atoms with E-state index in [0.717, 1.165) is 27.0 Å². The van der Waals surface area contributed by atoms with E-state index in [4.69, 9.17) is 10.5 Å². The average molecular weight is 292 g/mol. The van der Waals surface area contributed by atoms with Crippen LogP contribution in [0, 0.1) is 6.92 Å². The van der Waals surface area contributed by atoms with Crippen molar-refractivity contribution < 1.29 is 4.74 Å². The third-order valence-electron chi connectivity index (χ3n) is 2.47. The molecule has 0 heterocycles. The summed E-state index contributed by atoms with van der Waals surface area (Å²) in [5.74, 6) is 0.908. The van der Waals surface area contributed by atoms with Gasteiger partial charge in [-0.25, -0.2) is 0 Å². The van der Waals surface area contributed by atoms with Crippen LogP contribution in [0.4, 0.5) is 5.69 Å². The lowest BCUT2D eigenvalue weighted by Crippen LogP contribution is -1.98. The number of hydrogen-bond acceptors (Lipinski definition) is 2. The van der Waals surface area contributed by atoms with Crippen molar-refractivity contribution in [1.82, 2.24) is 0 Å². The van der Waals surface area contributed by atoms with Gasteiger partial charge in [0.05, 0.1) is 0 Å². The van der Waals surface area contributed by atoms with Crippen molar-refractivity contribution in [3.05, 3.63) is 58.1 Å². The third kappa shape index (κ3) is 3.24. The normalized spacial score (nSPS) is 10.2. The topological polar surface area (TPSA) is 35.2 Å². The first kappa shape index (κ1) is 12.0. The summed E-state index contributed by atoms with van der Waals surface area (Å²) in [6, 6.07) is 13.8. The maximum atomic E-state index is 5.77.